The maximum absolute atomic E-state index is 5.66. The minimum absolute atomic E-state index is 0.271. The van der Waals surface area contributed by atoms with Gasteiger partial charge in [-0.1, -0.05) is 29.4 Å². The third-order valence-electron chi connectivity index (χ3n) is 6.25. The predicted molar refractivity (Wildman–Crippen MR) is 121 cm³/mol. The highest BCUT2D eigenvalue weighted by molar-refractivity contribution is 5.63. The zero-order valence-corrected chi connectivity index (χ0v) is 18.2. The Morgan fingerprint density at radius 1 is 1.09 bits per heavy atom. The molecule has 0 aliphatic heterocycles. The van der Waals surface area contributed by atoms with Gasteiger partial charge in [0, 0.05) is 30.7 Å². The number of rotatable bonds is 8. The summed E-state index contributed by atoms with van der Waals surface area (Å²) in [6.07, 6.45) is 9.47. The second kappa shape index (κ2) is 8.16. The number of hydrogen-bond acceptors (Lipinski definition) is 8. The van der Waals surface area contributed by atoms with Crippen molar-refractivity contribution in [2.45, 2.75) is 31.7 Å². The van der Waals surface area contributed by atoms with Crippen molar-refractivity contribution in [2.75, 3.05) is 19.3 Å². The summed E-state index contributed by atoms with van der Waals surface area (Å²) in [6.45, 7) is 3.83. The first kappa shape index (κ1) is 20.3. The van der Waals surface area contributed by atoms with Crippen molar-refractivity contribution in [3.05, 3.63) is 60.4 Å². The highest BCUT2D eigenvalue weighted by Crippen LogP contribution is 2.50. The molecule has 5 rings (SSSR count). The lowest BCUT2D eigenvalue weighted by molar-refractivity contribution is 0.386. The molecule has 1 atom stereocenters. The first-order valence-corrected chi connectivity index (χ1v) is 10.8. The first-order valence-electron chi connectivity index (χ1n) is 10.8. The molecule has 0 amide bonds. The van der Waals surface area contributed by atoms with E-state index in [4.69, 9.17) is 15.2 Å². The van der Waals surface area contributed by atoms with Gasteiger partial charge in [0.1, 0.15) is 0 Å². The summed E-state index contributed by atoms with van der Waals surface area (Å²) >= 11 is 0. The summed E-state index contributed by atoms with van der Waals surface area (Å²) in [6, 6.07) is 8.43. The van der Waals surface area contributed by atoms with E-state index < -0.39 is 0 Å². The van der Waals surface area contributed by atoms with E-state index in [1.807, 2.05) is 17.9 Å². The molecule has 1 aromatic carbocycles. The minimum Gasteiger partial charge on any atom is -0.368 e. The lowest BCUT2D eigenvalue weighted by atomic mass is 9.77. The van der Waals surface area contributed by atoms with Crippen LogP contribution in [0.2, 0.25) is 0 Å². The normalized spacial score (nSPS) is 15.6. The van der Waals surface area contributed by atoms with Crippen molar-refractivity contribution >= 4 is 5.95 Å². The van der Waals surface area contributed by atoms with Crippen LogP contribution in [0.4, 0.5) is 5.95 Å². The lowest BCUT2D eigenvalue weighted by Gasteiger charge is -2.27. The Labute approximate surface area is 186 Å². The van der Waals surface area contributed by atoms with E-state index >= 15 is 0 Å². The van der Waals surface area contributed by atoms with Crippen LogP contribution in [0.5, 0.6) is 0 Å². The Bertz CT molecular complexity index is 1190. The molecule has 1 aliphatic carbocycles. The summed E-state index contributed by atoms with van der Waals surface area (Å²) < 4.78 is 7.53. The molecule has 4 aromatic rings. The predicted octanol–water partition coefficient (Wildman–Crippen LogP) is 2.91. The monoisotopic (exact) mass is 430 g/mol. The van der Waals surface area contributed by atoms with Crippen molar-refractivity contribution in [2.24, 2.45) is 5.92 Å². The number of benzene rings is 1. The summed E-state index contributed by atoms with van der Waals surface area (Å²) in [5, 5.41) is 11.9. The van der Waals surface area contributed by atoms with Crippen molar-refractivity contribution in [1.82, 2.24) is 35.2 Å². The van der Waals surface area contributed by atoms with Crippen LogP contribution in [0.15, 0.2) is 53.6 Å². The fourth-order valence-corrected chi connectivity index (χ4v) is 4.08. The number of anilines is 1. The first-order chi connectivity index (χ1) is 15.6. The summed E-state index contributed by atoms with van der Waals surface area (Å²) in [4.78, 5) is 13.0. The van der Waals surface area contributed by atoms with Crippen LogP contribution >= 0.6 is 0 Å². The van der Waals surface area contributed by atoms with Gasteiger partial charge >= 0.3 is 0 Å². The fourth-order valence-electron chi connectivity index (χ4n) is 4.08. The molecule has 3 N–H and O–H groups in total. The van der Waals surface area contributed by atoms with Gasteiger partial charge in [-0.3, -0.25) is 4.68 Å². The second-order valence-corrected chi connectivity index (χ2v) is 8.40. The van der Waals surface area contributed by atoms with Crippen LogP contribution in [0.3, 0.4) is 0 Å². The van der Waals surface area contributed by atoms with E-state index in [0.29, 0.717) is 17.6 Å². The molecular formula is C23H26N8O. The van der Waals surface area contributed by atoms with Gasteiger partial charge in [-0.25, -0.2) is 9.97 Å². The smallest absolute Gasteiger partial charge is 0.261 e. The molecule has 0 unspecified atom stereocenters. The van der Waals surface area contributed by atoms with Crippen LogP contribution in [-0.4, -0.2) is 43.5 Å². The van der Waals surface area contributed by atoms with Gasteiger partial charge in [0.05, 0.1) is 23.7 Å². The molecule has 0 radical (unpaired) electrons. The van der Waals surface area contributed by atoms with E-state index in [1.54, 1.807) is 18.6 Å². The van der Waals surface area contributed by atoms with E-state index in [-0.39, 0.29) is 11.4 Å². The van der Waals surface area contributed by atoms with Gasteiger partial charge in [0.25, 0.3) is 5.89 Å². The molecule has 1 aliphatic rings. The quantitative estimate of drug-likeness (QED) is 0.438. The van der Waals surface area contributed by atoms with Crippen LogP contribution in [0.25, 0.3) is 22.6 Å². The van der Waals surface area contributed by atoms with E-state index in [0.717, 1.165) is 48.2 Å². The zero-order chi connectivity index (χ0) is 22.1. The van der Waals surface area contributed by atoms with Crippen molar-refractivity contribution in [1.29, 1.82) is 0 Å². The second-order valence-electron chi connectivity index (χ2n) is 8.40. The van der Waals surface area contributed by atoms with E-state index in [2.05, 4.69) is 56.7 Å². The van der Waals surface area contributed by atoms with Crippen molar-refractivity contribution in [3.63, 3.8) is 0 Å². The van der Waals surface area contributed by atoms with Crippen molar-refractivity contribution in [3.8, 4) is 22.6 Å². The fraction of sp³-hybridized carbons (Fsp3) is 0.348. The van der Waals surface area contributed by atoms with Gasteiger partial charge in [-0.2, -0.15) is 10.1 Å². The minimum atomic E-state index is -0.319. The SMILES string of the molecule is CNCCn1cc(-c2nc([C@@](C)(c3ccc(-c4cnc(N)nc4)cc3)C3CC3)no2)cn1. The van der Waals surface area contributed by atoms with Crippen LogP contribution in [0, 0.1) is 5.92 Å². The van der Waals surface area contributed by atoms with Gasteiger partial charge in [0.2, 0.25) is 5.95 Å². The third-order valence-corrected chi connectivity index (χ3v) is 6.25. The van der Waals surface area contributed by atoms with Crippen LogP contribution in [-0.2, 0) is 12.0 Å². The number of likely N-dealkylation sites (N-methyl/N-ethyl adjacent to an activating group) is 1. The number of nitrogens with one attached hydrogen (secondary N) is 1. The summed E-state index contributed by atoms with van der Waals surface area (Å²) in [5.41, 5.74) is 9.24. The molecule has 0 spiro atoms. The molecular weight excluding hydrogens is 404 g/mol. The Morgan fingerprint density at radius 2 is 1.84 bits per heavy atom. The maximum Gasteiger partial charge on any atom is 0.261 e. The van der Waals surface area contributed by atoms with Gasteiger partial charge < -0.3 is 15.6 Å². The Kier molecular flexibility index (Phi) is 5.18. The van der Waals surface area contributed by atoms with E-state index in [9.17, 15) is 0 Å². The van der Waals surface area contributed by atoms with Gasteiger partial charge in [-0.15, -0.1) is 0 Å². The summed E-state index contributed by atoms with van der Waals surface area (Å²) in [5.74, 6) is 1.96. The largest absolute Gasteiger partial charge is 0.368 e. The molecule has 9 nitrogen and oxygen atoms in total. The molecule has 1 fully saturated rings. The van der Waals surface area contributed by atoms with Crippen LogP contribution in [0.1, 0.15) is 31.2 Å². The van der Waals surface area contributed by atoms with Gasteiger partial charge in [0.15, 0.2) is 5.82 Å². The molecule has 1 saturated carbocycles. The molecule has 3 heterocycles. The molecule has 0 saturated heterocycles. The van der Waals surface area contributed by atoms with E-state index in [1.165, 1.54) is 0 Å². The average molecular weight is 431 g/mol. The highest BCUT2D eigenvalue weighted by Gasteiger charge is 2.47. The Hall–Kier alpha value is -3.59. The topological polar surface area (TPSA) is 121 Å². The number of hydrogen-bond donors (Lipinski definition) is 2. The standard InChI is InChI=1S/C23H26N8O/c1-23(19-7-8-19,18-5-3-15(4-6-18)16-11-26-22(24)27-12-16)21-29-20(32-30-21)17-13-28-31(14-17)10-9-25-2/h3-6,11-14,19,25H,7-10H2,1-2H3,(H2,24,26,27)/t23-/m0/s1. The molecule has 9 heteroatoms. The maximum atomic E-state index is 5.66. The Morgan fingerprint density at radius 3 is 2.53 bits per heavy atom. The zero-order valence-electron chi connectivity index (χ0n) is 18.2. The Balaban J connectivity index is 1.43. The number of aromatic nitrogens is 6. The van der Waals surface area contributed by atoms with Crippen molar-refractivity contribution < 1.29 is 4.52 Å². The number of nitrogen functional groups attached to an aromatic ring is 1. The van der Waals surface area contributed by atoms with Gasteiger partial charge in [-0.05, 0) is 43.9 Å². The van der Waals surface area contributed by atoms with Crippen LogP contribution < -0.4 is 11.1 Å². The molecule has 3 aromatic heterocycles. The third kappa shape index (κ3) is 3.75. The summed E-state index contributed by atoms with van der Waals surface area (Å²) in [7, 11) is 1.92. The average Bonchev–Trinajstić information content (AvgIpc) is 3.37. The lowest BCUT2D eigenvalue weighted by Crippen LogP contribution is -2.28. The molecule has 0 bridgehead atoms. The number of nitrogens with two attached hydrogens (primary N) is 1. The number of nitrogens with zero attached hydrogens (tertiary/aromatic N) is 6. The highest BCUT2D eigenvalue weighted by atomic mass is 16.5. The molecule has 164 valence electrons. The molecule has 32 heavy (non-hydrogen) atoms.